The van der Waals surface area contributed by atoms with E-state index in [0.717, 1.165) is 37.5 Å². The van der Waals surface area contributed by atoms with Gasteiger partial charge in [0, 0.05) is 12.3 Å². The summed E-state index contributed by atoms with van der Waals surface area (Å²) in [4.78, 5) is 4.39. The van der Waals surface area contributed by atoms with Crippen molar-refractivity contribution in [1.82, 2.24) is 10.1 Å². The zero-order valence-corrected chi connectivity index (χ0v) is 11.3. The largest absolute Gasteiger partial charge is 0.339 e. The fourth-order valence-corrected chi connectivity index (χ4v) is 2.01. The zero-order chi connectivity index (χ0) is 12.7. The highest BCUT2D eigenvalue weighted by molar-refractivity contribution is 4.91. The number of rotatable bonds is 8. The maximum Gasteiger partial charge on any atom is 0.226 e. The van der Waals surface area contributed by atoms with Gasteiger partial charge in [-0.05, 0) is 25.3 Å². The SMILES string of the molecule is CCCC(CCN)CCc1nc(C(C)C)no1. The van der Waals surface area contributed by atoms with Gasteiger partial charge in [0.25, 0.3) is 0 Å². The van der Waals surface area contributed by atoms with E-state index in [4.69, 9.17) is 10.3 Å². The van der Waals surface area contributed by atoms with Gasteiger partial charge in [0.1, 0.15) is 0 Å². The molecule has 0 aliphatic rings. The fraction of sp³-hybridized carbons (Fsp3) is 0.846. The minimum Gasteiger partial charge on any atom is -0.339 e. The van der Waals surface area contributed by atoms with E-state index in [9.17, 15) is 0 Å². The molecule has 98 valence electrons. The zero-order valence-electron chi connectivity index (χ0n) is 11.3. The molecule has 0 bridgehead atoms. The van der Waals surface area contributed by atoms with E-state index in [1.807, 2.05) is 0 Å². The Hall–Kier alpha value is -0.900. The topological polar surface area (TPSA) is 64.9 Å². The van der Waals surface area contributed by atoms with E-state index in [2.05, 4.69) is 30.9 Å². The predicted molar refractivity (Wildman–Crippen MR) is 68.8 cm³/mol. The number of nitrogens with zero attached hydrogens (tertiary/aromatic N) is 2. The minimum atomic E-state index is 0.336. The molecule has 2 N–H and O–H groups in total. The first-order valence-corrected chi connectivity index (χ1v) is 6.69. The van der Waals surface area contributed by atoms with Gasteiger partial charge < -0.3 is 10.3 Å². The molecule has 1 atom stereocenters. The molecule has 0 radical (unpaired) electrons. The lowest BCUT2D eigenvalue weighted by atomic mass is 9.94. The van der Waals surface area contributed by atoms with Crippen LogP contribution in [0.1, 0.15) is 64.1 Å². The first-order chi connectivity index (χ1) is 8.17. The number of aromatic nitrogens is 2. The summed E-state index contributed by atoms with van der Waals surface area (Å²) in [5, 5.41) is 3.97. The van der Waals surface area contributed by atoms with E-state index in [1.54, 1.807) is 0 Å². The molecule has 1 aromatic heterocycles. The second kappa shape index (κ2) is 7.43. The average molecular weight is 239 g/mol. The second-order valence-electron chi connectivity index (χ2n) is 4.97. The van der Waals surface area contributed by atoms with E-state index in [0.29, 0.717) is 11.8 Å². The van der Waals surface area contributed by atoms with Crippen LogP contribution in [0.15, 0.2) is 4.52 Å². The maximum atomic E-state index is 5.62. The quantitative estimate of drug-likeness (QED) is 0.757. The highest BCUT2D eigenvalue weighted by Gasteiger charge is 2.12. The first-order valence-electron chi connectivity index (χ1n) is 6.69. The van der Waals surface area contributed by atoms with Crippen molar-refractivity contribution in [2.24, 2.45) is 11.7 Å². The maximum absolute atomic E-state index is 5.62. The van der Waals surface area contributed by atoms with Gasteiger partial charge >= 0.3 is 0 Å². The molecule has 0 aliphatic heterocycles. The molecule has 0 saturated heterocycles. The van der Waals surface area contributed by atoms with Crippen LogP contribution in [0.4, 0.5) is 0 Å². The Kier molecular flexibility index (Phi) is 6.19. The molecular formula is C13H25N3O. The second-order valence-corrected chi connectivity index (χ2v) is 4.97. The van der Waals surface area contributed by atoms with Crippen molar-refractivity contribution in [3.63, 3.8) is 0 Å². The highest BCUT2D eigenvalue weighted by Crippen LogP contribution is 2.18. The van der Waals surface area contributed by atoms with Crippen LogP contribution in [0, 0.1) is 5.92 Å². The van der Waals surface area contributed by atoms with Crippen LogP contribution in [0.2, 0.25) is 0 Å². The molecule has 0 amide bonds. The average Bonchev–Trinajstić information content (AvgIpc) is 2.75. The molecule has 17 heavy (non-hydrogen) atoms. The Bertz CT molecular complexity index is 303. The van der Waals surface area contributed by atoms with Crippen molar-refractivity contribution in [3.05, 3.63) is 11.7 Å². The highest BCUT2D eigenvalue weighted by atomic mass is 16.5. The minimum absolute atomic E-state index is 0.336. The third-order valence-corrected chi connectivity index (χ3v) is 3.04. The van der Waals surface area contributed by atoms with Crippen LogP contribution in [0.25, 0.3) is 0 Å². The molecular weight excluding hydrogens is 214 g/mol. The van der Waals surface area contributed by atoms with Gasteiger partial charge in [-0.1, -0.05) is 38.8 Å². The summed E-state index contributed by atoms with van der Waals surface area (Å²) in [6, 6.07) is 0. The first kappa shape index (κ1) is 14.2. The number of hydrogen-bond donors (Lipinski definition) is 1. The normalized spacial score (nSPS) is 13.2. The monoisotopic (exact) mass is 239 g/mol. The van der Waals surface area contributed by atoms with Gasteiger partial charge in [0.2, 0.25) is 5.89 Å². The van der Waals surface area contributed by atoms with Crippen molar-refractivity contribution in [1.29, 1.82) is 0 Å². The Labute approximate surface area is 104 Å². The fourth-order valence-electron chi connectivity index (χ4n) is 2.01. The van der Waals surface area contributed by atoms with E-state index in [1.165, 1.54) is 12.8 Å². The molecule has 4 heteroatoms. The molecule has 4 nitrogen and oxygen atoms in total. The molecule has 0 aromatic carbocycles. The lowest BCUT2D eigenvalue weighted by Gasteiger charge is -2.13. The summed E-state index contributed by atoms with van der Waals surface area (Å²) >= 11 is 0. The molecule has 1 heterocycles. The van der Waals surface area contributed by atoms with Gasteiger partial charge in [0.05, 0.1) is 0 Å². The van der Waals surface area contributed by atoms with Crippen LogP contribution in [0.5, 0.6) is 0 Å². The van der Waals surface area contributed by atoms with Crippen LogP contribution in [-0.2, 0) is 6.42 Å². The van der Waals surface area contributed by atoms with Crippen LogP contribution < -0.4 is 5.73 Å². The molecule has 0 fully saturated rings. The summed E-state index contributed by atoms with van der Waals surface area (Å²) in [5.74, 6) is 2.61. The van der Waals surface area contributed by atoms with Gasteiger partial charge in [-0.15, -0.1) is 0 Å². The van der Waals surface area contributed by atoms with Crippen molar-refractivity contribution < 1.29 is 4.52 Å². The number of aryl methyl sites for hydroxylation is 1. The summed E-state index contributed by atoms with van der Waals surface area (Å²) in [6.45, 7) is 7.13. The molecule has 0 aliphatic carbocycles. The number of nitrogens with two attached hydrogens (primary N) is 1. The van der Waals surface area contributed by atoms with Crippen LogP contribution in [-0.4, -0.2) is 16.7 Å². The van der Waals surface area contributed by atoms with Crippen molar-refractivity contribution in [2.75, 3.05) is 6.54 Å². The van der Waals surface area contributed by atoms with Gasteiger partial charge in [0.15, 0.2) is 5.82 Å². The van der Waals surface area contributed by atoms with E-state index < -0.39 is 0 Å². The molecule has 1 rings (SSSR count). The Morgan fingerprint density at radius 3 is 2.53 bits per heavy atom. The van der Waals surface area contributed by atoms with E-state index in [-0.39, 0.29) is 0 Å². The standard InChI is InChI=1S/C13H25N3O/c1-4-5-11(8-9-14)6-7-12-15-13(10(2)3)16-17-12/h10-11H,4-9,14H2,1-3H3. The summed E-state index contributed by atoms with van der Waals surface area (Å²) < 4.78 is 5.24. The lowest BCUT2D eigenvalue weighted by Crippen LogP contribution is -2.09. The molecule has 0 spiro atoms. The van der Waals surface area contributed by atoms with Crippen molar-refractivity contribution >= 4 is 0 Å². The third-order valence-electron chi connectivity index (χ3n) is 3.04. The van der Waals surface area contributed by atoms with Gasteiger partial charge in [-0.2, -0.15) is 4.98 Å². The lowest BCUT2D eigenvalue weighted by molar-refractivity contribution is 0.345. The third kappa shape index (κ3) is 4.86. The summed E-state index contributed by atoms with van der Waals surface area (Å²) in [6.07, 6.45) is 5.53. The summed E-state index contributed by atoms with van der Waals surface area (Å²) in [7, 11) is 0. The molecule has 0 saturated carbocycles. The summed E-state index contributed by atoms with van der Waals surface area (Å²) in [5.41, 5.74) is 5.62. The Morgan fingerprint density at radius 1 is 1.24 bits per heavy atom. The predicted octanol–water partition coefficient (Wildman–Crippen LogP) is 2.89. The van der Waals surface area contributed by atoms with Gasteiger partial charge in [-0.3, -0.25) is 0 Å². The van der Waals surface area contributed by atoms with Crippen LogP contribution in [0.3, 0.4) is 0 Å². The van der Waals surface area contributed by atoms with Crippen molar-refractivity contribution in [2.45, 2.75) is 58.8 Å². The van der Waals surface area contributed by atoms with Crippen molar-refractivity contribution in [3.8, 4) is 0 Å². The van der Waals surface area contributed by atoms with Crippen LogP contribution >= 0.6 is 0 Å². The Balaban J connectivity index is 2.41. The Morgan fingerprint density at radius 2 is 2.00 bits per heavy atom. The van der Waals surface area contributed by atoms with Gasteiger partial charge in [-0.25, -0.2) is 0 Å². The molecule has 1 aromatic rings. The molecule has 1 unspecified atom stereocenters. The van der Waals surface area contributed by atoms with E-state index >= 15 is 0 Å². The number of hydrogen-bond acceptors (Lipinski definition) is 4. The smallest absolute Gasteiger partial charge is 0.226 e.